The fourth-order valence-electron chi connectivity index (χ4n) is 8.85. The fraction of sp³-hybridized carbons (Fsp3) is 0.617. The number of nitrogens with one attached hydrogen (secondary N) is 7. The number of likely N-dealkylation sites (tertiary alicyclic amines) is 1. The second-order valence-corrected chi connectivity index (χ2v) is 21.8. The number of carbonyl (C=O) groups excluding carboxylic acids is 10. The van der Waals surface area contributed by atoms with Crippen LogP contribution in [-0.4, -0.2) is 166 Å². The largest absolute Gasteiger partial charge is 0.508 e. The average molecular weight is 1140 g/mol. The van der Waals surface area contributed by atoms with Gasteiger partial charge in [0.1, 0.15) is 54.1 Å². The third-order valence-electron chi connectivity index (χ3n) is 13.0. The first kappa shape index (κ1) is 62.8. The number of nitrogens with two attached hydrogens (primary N) is 6. The minimum atomic E-state index is -1.55. The van der Waals surface area contributed by atoms with E-state index < -0.39 is 114 Å². The molecular formula is C47H74N16O11S3. The normalized spacial score (nSPS) is 19.6. The molecule has 0 unspecified atom stereocenters. The van der Waals surface area contributed by atoms with Crippen LogP contribution in [0.3, 0.4) is 0 Å². The Morgan fingerprint density at radius 3 is 1.77 bits per heavy atom. The third kappa shape index (κ3) is 21.3. The molecule has 3 aliphatic rings. The summed E-state index contributed by atoms with van der Waals surface area (Å²) in [4.78, 5) is 145. The second-order valence-electron chi connectivity index (χ2n) is 18.9. The van der Waals surface area contributed by atoms with E-state index in [1.165, 1.54) is 50.8 Å². The van der Waals surface area contributed by atoms with E-state index in [4.69, 9.17) is 34.4 Å². The van der Waals surface area contributed by atoms with E-state index >= 15 is 0 Å². The Bertz CT molecular complexity index is 2300. The lowest BCUT2D eigenvalue weighted by Gasteiger charge is -2.30. The number of aliphatic imine (C=N–C) groups is 2. The lowest BCUT2D eigenvalue weighted by Crippen LogP contribution is -2.61. The number of amides is 10. The molecule has 2 heterocycles. The van der Waals surface area contributed by atoms with Crippen molar-refractivity contribution in [2.24, 2.45) is 50.3 Å². The molecule has 0 bridgehead atoms. The average Bonchev–Trinajstić information content (AvgIpc) is 3.89. The topological polar surface area (TPSA) is 459 Å². The van der Waals surface area contributed by atoms with Gasteiger partial charge in [0.15, 0.2) is 11.9 Å². The van der Waals surface area contributed by atoms with Crippen LogP contribution in [0.4, 0.5) is 0 Å². The maximum Gasteiger partial charge on any atom is 0.254 e. The Hall–Kier alpha value is -6.69. The number of primary amides is 2. The highest BCUT2D eigenvalue weighted by Crippen LogP contribution is 2.29. The van der Waals surface area contributed by atoms with Gasteiger partial charge in [-0.2, -0.15) is 12.6 Å². The summed E-state index contributed by atoms with van der Waals surface area (Å²) in [5.74, 6) is -7.91. The molecule has 1 saturated carbocycles. The van der Waals surface area contributed by atoms with Gasteiger partial charge in [-0.25, -0.2) is 0 Å². The number of hydrogen-bond donors (Lipinski definition) is 15. The van der Waals surface area contributed by atoms with E-state index in [1.54, 1.807) is 0 Å². The number of benzene rings is 1. The predicted molar refractivity (Wildman–Crippen MR) is 293 cm³/mol. The molecule has 3 fully saturated rings. The van der Waals surface area contributed by atoms with Crippen LogP contribution >= 0.6 is 34.2 Å². The zero-order valence-electron chi connectivity index (χ0n) is 42.7. The number of thiol groups is 1. The van der Waals surface area contributed by atoms with Crippen molar-refractivity contribution >= 4 is 105 Å². The van der Waals surface area contributed by atoms with Crippen LogP contribution in [0.2, 0.25) is 0 Å². The molecule has 2 aliphatic heterocycles. The van der Waals surface area contributed by atoms with Gasteiger partial charge in [-0.3, -0.25) is 57.9 Å². The standard InChI is InChI=1S/C47H74N16O11S3/c48-36(65)17-16-30(40(69)60-32(22-75)42(71)59-31(21-25-7-2-1-3-8-25)41(70)62-34-24-77-76-23-33(37(49)66)61-43(34)72)57-38(67)28(9-4-18-54-46(50)51)56-39(68)29(10-5-19-55-47(52)53)58-44(73)35-11-6-20-63(35)45(74)26-12-14-27(64)15-13-26/h12-15,25,28-35,64,75H,1-11,16-24H2,(H2,48,65)(H2,49,66)(H,56,68)(H,57,67)(H,58,73)(H,59,71)(H,60,69)(H,61,72)(H,62,70)(H4,50,51,54)(H4,52,53,55)/t28-,29-,30+,31+,32+,33+,34+,35+/m1/s1. The van der Waals surface area contributed by atoms with E-state index in [9.17, 15) is 53.1 Å². The number of rotatable bonds is 28. The van der Waals surface area contributed by atoms with Crippen molar-refractivity contribution in [1.29, 1.82) is 0 Å². The van der Waals surface area contributed by atoms with Gasteiger partial charge in [-0.15, -0.1) is 0 Å². The van der Waals surface area contributed by atoms with E-state index in [0.717, 1.165) is 32.1 Å². The molecule has 20 N–H and O–H groups in total. The summed E-state index contributed by atoms with van der Waals surface area (Å²) in [6, 6.07) is -4.38. The van der Waals surface area contributed by atoms with Gasteiger partial charge < -0.3 is 81.6 Å². The number of nitrogens with zero attached hydrogens (tertiary/aromatic N) is 3. The molecule has 77 heavy (non-hydrogen) atoms. The van der Waals surface area contributed by atoms with Crippen LogP contribution in [0.5, 0.6) is 5.75 Å². The Morgan fingerprint density at radius 2 is 1.21 bits per heavy atom. The third-order valence-corrected chi connectivity index (χ3v) is 15.8. The van der Waals surface area contributed by atoms with Crippen LogP contribution < -0.4 is 71.6 Å². The molecule has 10 amide bonds. The molecule has 426 valence electrons. The van der Waals surface area contributed by atoms with E-state index in [1.807, 2.05) is 0 Å². The Kier molecular flexibility index (Phi) is 26.2. The first-order chi connectivity index (χ1) is 36.7. The van der Waals surface area contributed by atoms with Crippen molar-refractivity contribution in [2.45, 2.75) is 138 Å². The molecule has 4 rings (SSSR count). The summed E-state index contributed by atoms with van der Waals surface area (Å²) in [7, 11) is 2.57. The fourth-order valence-corrected chi connectivity index (χ4v) is 11.4. The highest BCUT2D eigenvalue weighted by atomic mass is 33.1. The smallest absolute Gasteiger partial charge is 0.254 e. The summed E-state index contributed by atoms with van der Waals surface area (Å²) in [5.41, 5.74) is 33.2. The van der Waals surface area contributed by atoms with Gasteiger partial charge in [0, 0.05) is 48.9 Å². The second kappa shape index (κ2) is 32.1. The van der Waals surface area contributed by atoms with E-state index in [2.05, 4.69) is 59.8 Å². The van der Waals surface area contributed by atoms with Crippen LogP contribution in [0, 0.1) is 5.92 Å². The molecule has 30 heteroatoms. The molecule has 27 nitrogen and oxygen atoms in total. The highest BCUT2D eigenvalue weighted by molar-refractivity contribution is 8.76. The molecule has 1 aromatic carbocycles. The minimum Gasteiger partial charge on any atom is -0.508 e. The monoisotopic (exact) mass is 1130 g/mol. The lowest BCUT2D eigenvalue weighted by molar-refractivity contribution is -0.136. The Labute approximate surface area is 459 Å². The maximum absolute atomic E-state index is 14.3. The molecule has 8 atom stereocenters. The van der Waals surface area contributed by atoms with Gasteiger partial charge in [0.25, 0.3) is 5.91 Å². The zero-order valence-corrected chi connectivity index (χ0v) is 45.3. The van der Waals surface area contributed by atoms with Crippen molar-refractivity contribution in [3.05, 3.63) is 29.8 Å². The molecule has 1 aromatic rings. The van der Waals surface area contributed by atoms with Crippen molar-refractivity contribution in [3.8, 4) is 5.75 Å². The summed E-state index contributed by atoms with van der Waals surface area (Å²) < 4.78 is 0. The number of phenols is 1. The number of hydrogen-bond acceptors (Lipinski definition) is 16. The number of guanidine groups is 2. The number of carbonyl (C=O) groups is 10. The SMILES string of the molecule is NC(=O)CC[C@H](NC(=O)[C@@H](CCCN=C(N)N)NC(=O)[C@@H](CCCN=C(N)N)NC(=O)[C@@H]1CCCN1C(=O)c1ccc(O)cc1)C(=O)N[C@@H](CS)C(=O)N[C@@H](CC1CCCCC1)C(=O)N[C@H]1CSSC[C@@H](C(N)=O)NC1=O. The summed E-state index contributed by atoms with van der Waals surface area (Å²) in [5, 5.41) is 28.2. The molecule has 0 aromatic heterocycles. The Morgan fingerprint density at radius 1 is 0.675 bits per heavy atom. The van der Waals surface area contributed by atoms with Crippen LogP contribution in [0.1, 0.15) is 100 Å². The van der Waals surface area contributed by atoms with Gasteiger partial charge in [0.2, 0.25) is 53.2 Å². The molecule has 0 radical (unpaired) electrons. The zero-order chi connectivity index (χ0) is 56.6. The summed E-state index contributed by atoms with van der Waals surface area (Å²) in [6.45, 7) is 0.314. The van der Waals surface area contributed by atoms with Crippen LogP contribution in [0.15, 0.2) is 34.3 Å². The van der Waals surface area contributed by atoms with Crippen molar-refractivity contribution in [3.63, 3.8) is 0 Å². The molecule has 2 saturated heterocycles. The van der Waals surface area contributed by atoms with Crippen molar-refractivity contribution in [2.75, 3.05) is 36.9 Å². The first-order valence-corrected chi connectivity index (χ1v) is 28.6. The number of aromatic hydroxyl groups is 1. The predicted octanol–water partition coefficient (Wildman–Crippen LogP) is -3.46. The number of phenolic OH excluding ortho intramolecular Hbond substituents is 1. The first-order valence-electron chi connectivity index (χ1n) is 25.4. The van der Waals surface area contributed by atoms with Crippen LogP contribution in [0.25, 0.3) is 0 Å². The van der Waals surface area contributed by atoms with Crippen molar-refractivity contribution in [1.82, 2.24) is 42.1 Å². The molecule has 1 aliphatic carbocycles. The summed E-state index contributed by atoms with van der Waals surface area (Å²) >= 11 is 4.31. The van der Waals surface area contributed by atoms with Crippen LogP contribution in [-0.2, 0) is 43.2 Å². The molecular weight excluding hydrogens is 1060 g/mol. The van der Waals surface area contributed by atoms with E-state index in [0.29, 0.717) is 6.42 Å². The van der Waals surface area contributed by atoms with Gasteiger partial charge >= 0.3 is 0 Å². The lowest BCUT2D eigenvalue weighted by atomic mass is 9.84. The minimum absolute atomic E-state index is 0.0129. The van der Waals surface area contributed by atoms with Crippen molar-refractivity contribution < 1.29 is 53.1 Å². The quantitative estimate of drug-likeness (QED) is 0.0128. The van der Waals surface area contributed by atoms with Gasteiger partial charge in [-0.1, -0.05) is 53.7 Å². The van der Waals surface area contributed by atoms with E-state index in [-0.39, 0.29) is 111 Å². The summed E-state index contributed by atoms with van der Waals surface area (Å²) in [6.07, 6.45) is 4.73. The highest BCUT2D eigenvalue weighted by Gasteiger charge is 2.38. The van der Waals surface area contributed by atoms with Gasteiger partial charge in [-0.05, 0) is 81.5 Å². The maximum atomic E-state index is 14.3. The molecule has 0 spiro atoms. The Balaban J connectivity index is 1.54. The van der Waals surface area contributed by atoms with Gasteiger partial charge in [0.05, 0.1) is 0 Å².